The van der Waals surface area contributed by atoms with E-state index in [0.29, 0.717) is 0 Å². The van der Waals surface area contributed by atoms with Gasteiger partial charge in [-0.15, -0.1) is 0 Å². The summed E-state index contributed by atoms with van der Waals surface area (Å²) in [5.74, 6) is 0. The summed E-state index contributed by atoms with van der Waals surface area (Å²) < 4.78 is 0. The van der Waals surface area contributed by atoms with Crippen LogP contribution in [-0.2, 0) is 21.1 Å². The molecule has 9 heavy (non-hydrogen) atoms. The van der Waals surface area contributed by atoms with Crippen molar-refractivity contribution >= 4 is 0 Å². The van der Waals surface area contributed by atoms with Gasteiger partial charge in [-0.05, 0) is 19.8 Å². The van der Waals surface area contributed by atoms with Gasteiger partial charge >= 0.3 is 0 Å². The smallest absolute Gasteiger partial charge is 0 e. The zero-order valence-electron chi connectivity index (χ0n) is 6.04. The molecule has 0 nitrogen and oxygen atoms in total. The van der Waals surface area contributed by atoms with E-state index in [1.54, 1.807) is 0 Å². The standard InChI is InChI=1S/C8H14.Pt/c1-3-5-7-8-6-4-2;/h3,5-6,8H,4,7H2,1-2H3;. The molecule has 0 N–H and O–H groups in total. The topological polar surface area (TPSA) is 0 Å². The molecule has 0 spiro atoms. The van der Waals surface area contributed by atoms with E-state index in [0.717, 1.165) is 12.8 Å². The minimum atomic E-state index is 0. The molecule has 56 valence electrons. The van der Waals surface area contributed by atoms with Gasteiger partial charge in [-0.1, -0.05) is 31.2 Å². The van der Waals surface area contributed by atoms with Gasteiger partial charge in [0.15, 0.2) is 0 Å². The maximum absolute atomic E-state index is 2.18. The van der Waals surface area contributed by atoms with Crippen molar-refractivity contribution < 1.29 is 21.1 Å². The maximum Gasteiger partial charge on any atom is 0 e. The number of rotatable bonds is 3. The molecule has 0 fully saturated rings. The molecule has 0 aromatic heterocycles. The molecular weight excluding hydrogens is 291 g/mol. The van der Waals surface area contributed by atoms with Crippen LogP contribution < -0.4 is 0 Å². The Bertz CT molecular complexity index is 82.6. The summed E-state index contributed by atoms with van der Waals surface area (Å²) in [6, 6.07) is 0. The predicted octanol–water partition coefficient (Wildman–Crippen LogP) is 2.92. The number of hydrogen-bond donors (Lipinski definition) is 0. The zero-order valence-corrected chi connectivity index (χ0v) is 8.31. The van der Waals surface area contributed by atoms with Crippen molar-refractivity contribution in [2.24, 2.45) is 0 Å². The molecule has 0 aromatic rings. The van der Waals surface area contributed by atoms with Crippen molar-refractivity contribution in [3.8, 4) is 0 Å². The number of hydrogen-bond acceptors (Lipinski definition) is 0. The Morgan fingerprint density at radius 3 is 2.22 bits per heavy atom. The first-order valence-electron chi connectivity index (χ1n) is 3.18. The van der Waals surface area contributed by atoms with E-state index in [9.17, 15) is 0 Å². The van der Waals surface area contributed by atoms with E-state index in [4.69, 9.17) is 0 Å². The Morgan fingerprint density at radius 1 is 1.11 bits per heavy atom. The van der Waals surface area contributed by atoms with Gasteiger partial charge in [-0.25, -0.2) is 0 Å². The van der Waals surface area contributed by atoms with Crippen molar-refractivity contribution in [3.63, 3.8) is 0 Å². The van der Waals surface area contributed by atoms with Gasteiger partial charge in [0.2, 0.25) is 0 Å². The second kappa shape index (κ2) is 11.0. The molecule has 0 rings (SSSR count). The minimum Gasteiger partial charge on any atom is -0.0914 e. The molecule has 0 radical (unpaired) electrons. The summed E-state index contributed by atoms with van der Waals surface area (Å²) in [6.45, 7) is 4.19. The summed E-state index contributed by atoms with van der Waals surface area (Å²) in [4.78, 5) is 0. The summed E-state index contributed by atoms with van der Waals surface area (Å²) in [7, 11) is 0. The molecule has 1 heteroatoms. The Morgan fingerprint density at radius 2 is 1.78 bits per heavy atom. The van der Waals surface area contributed by atoms with E-state index in [-0.39, 0.29) is 21.1 Å². The van der Waals surface area contributed by atoms with Crippen LogP contribution in [0.4, 0.5) is 0 Å². The second-order valence-electron chi connectivity index (χ2n) is 1.68. The molecule has 0 bridgehead atoms. The molecule has 0 heterocycles. The first kappa shape index (κ1) is 11.9. The van der Waals surface area contributed by atoms with E-state index < -0.39 is 0 Å². The van der Waals surface area contributed by atoms with Crippen LogP contribution in [0, 0.1) is 0 Å². The largest absolute Gasteiger partial charge is 0.0914 e. The van der Waals surface area contributed by atoms with Gasteiger partial charge in [0.05, 0.1) is 0 Å². The predicted molar refractivity (Wildman–Crippen MR) is 38.9 cm³/mol. The Labute approximate surface area is 72.3 Å². The summed E-state index contributed by atoms with van der Waals surface area (Å²) in [5, 5.41) is 0. The van der Waals surface area contributed by atoms with Crippen molar-refractivity contribution in [1.29, 1.82) is 0 Å². The van der Waals surface area contributed by atoms with E-state index >= 15 is 0 Å². The summed E-state index contributed by atoms with van der Waals surface area (Å²) >= 11 is 0. The van der Waals surface area contributed by atoms with Gasteiger partial charge in [-0.2, -0.15) is 0 Å². The van der Waals surface area contributed by atoms with Crippen LogP contribution >= 0.6 is 0 Å². The SMILES string of the molecule is CC=CCC=CCC.[Pt]. The first-order chi connectivity index (χ1) is 3.91. The molecule has 0 atom stereocenters. The molecule has 0 saturated heterocycles. The van der Waals surface area contributed by atoms with E-state index in [2.05, 4.69) is 31.2 Å². The van der Waals surface area contributed by atoms with E-state index in [1.807, 2.05) is 6.92 Å². The molecule has 0 aliphatic rings. The zero-order chi connectivity index (χ0) is 6.24. The van der Waals surface area contributed by atoms with Crippen LogP contribution in [0.3, 0.4) is 0 Å². The van der Waals surface area contributed by atoms with Gasteiger partial charge in [0.25, 0.3) is 0 Å². The minimum absolute atomic E-state index is 0. The van der Waals surface area contributed by atoms with Crippen molar-refractivity contribution in [3.05, 3.63) is 24.3 Å². The fraction of sp³-hybridized carbons (Fsp3) is 0.500. The summed E-state index contributed by atoms with van der Waals surface area (Å²) in [6.07, 6.45) is 10.8. The number of allylic oxidation sites excluding steroid dienone is 4. The third-order valence-electron chi connectivity index (χ3n) is 0.910. The Hall–Kier alpha value is 0.168. The van der Waals surface area contributed by atoms with Crippen LogP contribution in [0.1, 0.15) is 26.7 Å². The fourth-order valence-electron chi connectivity index (χ4n) is 0.478. The van der Waals surface area contributed by atoms with Crippen LogP contribution in [0.2, 0.25) is 0 Å². The van der Waals surface area contributed by atoms with Gasteiger partial charge in [0, 0.05) is 21.1 Å². The van der Waals surface area contributed by atoms with Gasteiger partial charge in [0.1, 0.15) is 0 Å². The molecule has 0 aliphatic carbocycles. The van der Waals surface area contributed by atoms with Gasteiger partial charge < -0.3 is 0 Å². The third-order valence-corrected chi connectivity index (χ3v) is 0.910. The summed E-state index contributed by atoms with van der Waals surface area (Å²) in [5.41, 5.74) is 0. The van der Waals surface area contributed by atoms with Crippen LogP contribution in [0.5, 0.6) is 0 Å². The molecular formula is C8H14Pt. The molecule has 0 amide bonds. The maximum atomic E-state index is 2.18. The van der Waals surface area contributed by atoms with Crippen molar-refractivity contribution in [1.82, 2.24) is 0 Å². The average Bonchev–Trinajstić information content (AvgIpc) is 1.81. The molecule has 0 aromatic carbocycles. The molecule has 0 unspecified atom stereocenters. The van der Waals surface area contributed by atoms with E-state index in [1.165, 1.54) is 0 Å². The third kappa shape index (κ3) is 11.6. The fourth-order valence-corrected chi connectivity index (χ4v) is 0.478. The second-order valence-corrected chi connectivity index (χ2v) is 1.68. The van der Waals surface area contributed by atoms with Crippen LogP contribution in [0.25, 0.3) is 0 Å². The van der Waals surface area contributed by atoms with Gasteiger partial charge in [-0.3, -0.25) is 0 Å². The normalized spacial score (nSPS) is 10.4. The Balaban J connectivity index is 0. The van der Waals surface area contributed by atoms with Crippen LogP contribution in [0.15, 0.2) is 24.3 Å². The average molecular weight is 305 g/mol. The Kier molecular flexibility index (Phi) is 14.6. The molecule has 0 aliphatic heterocycles. The molecule has 0 saturated carbocycles. The van der Waals surface area contributed by atoms with Crippen LogP contribution in [-0.4, -0.2) is 0 Å². The van der Waals surface area contributed by atoms with Crippen molar-refractivity contribution in [2.75, 3.05) is 0 Å². The monoisotopic (exact) mass is 305 g/mol. The first-order valence-corrected chi connectivity index (χ1v) is 3.18. The van der Waals surface area contributed by atoms with Crippen molar-refractivity contribution in [2.45, 2.75) is 26.7 Å². The quantitative estimate of drug-likeness (QED) is 0.703.